The van der Waals surface area contributed by atoms with E-state index in [4.69, 9.17) is 0 Å². The molecule has 1 rings (SSSR count). The van der Waals surface area contributed by atoms with Gasteiger partial charge < -0.3 is 4.74 Å². The van der Waals surface area contributed by atoms with Crippen molar-refractivity contribution in [3.8, 4) is 0 Å². The highest BCUT2D eigenvalue weighted by molar-refractivity contribution is 4.82. The van der Waals surface area contributed by atoms with Crippen LogP contribution in [0.4, 0.5) is 13.2 Å². The number of hydrogen-bond donors (Lipinski definition) is 0. The Morgan fingerprint density at radius 3 is 2.67 bits per heavy atom. The van der Waals surface area contributed by atoms with Gasteiger partial charge in [-0.25, -0.2) is 4.39 Å². The summed E-state index contributed by atoms with van der Waals surface area (Å²) in [5.74, 6) is -1.48. The van der Waals surface area contributed by atoms with Crippen molar-refractivity contribution in [3.63, 3.8) is 0 Å². The average molecular weight is 182 g/mol. The Labute approximate surface area is 68.0 Å². The van der Waals surface area contributed by atoms with Gasteiger partial charge in [0.25, 0.3) is 0 Å². The molecule has 5 heteroatoms. The van der Waals surface area contributed by atoms with E-state index in [0.29, 0.717) is 0 Å². The first-order valence-corrected chi connectivity index (χ1v) is 3.50. The SMILES string of the molecule is CC=COCC1C(F)OC1(F)F. The van der Waals surface area contributed by atoms with Crippen molar-refractivity contribution >= 4 is 0 Å². The first-order chi connectivity index (χ1) is 5.58. The zero-order chi connectivity index (χ0) is 9.19. The summed E-state index contributed by atoms with van der Waals surface area (Å²) in [4.78, 5) is 0. The Bertz CT molecular complexity index is 181. The van der Waals surface area contributed by atoms with E-state index in [1.807, 2.05) is 0 Å². The lowest BCUT2D eigenvalue weighted by Crippen LogP contribution is -2.54. The van der Waals surface area contributed by atoms with Gasteiger partial charge in [0.2, 0.25) is 6.36 Å². The first-order valence-electron chi connectivity index (χ1n) is 3.50. The van der Waals surface area contributed by atoms with Crippen LogP contribution in [0.5, 0.6) is 0 Å². The molecule has 1 saturated heterocycles. The van der Waals surface area contributed by atoms with Gasteiger partial charge in [0.15, 0.2) is 0 Å². The van der Waals surface area contributed by atoms with Crippen molar-refractivity contribution in [3.05, 3.63) is 12.3 Å². The highest BCUT2D eigenvalue weighted by atomic mass is 19.3. The summed E-state index contributed by atoms with van der Waals surface area (Å²) in [6.07, 6.45) is -2.52. The van der Waals surface area contributed by atoms with Crippen LogP contribution in [-0.4, -0.2) is 19.1 Å². The molecule has 12 heavy (non-hydrogen) atoms. The van der Waals surface area contributed by atoms with E-state index in [9.17, 15) is 13.2 Å². The maximum atomic E-state index is 12.3. The second-order valence-corrected chi connectivity index (χ2v) is 2.44. The van der Waals surface area contributed by atoms with E-state index in [0.717, 1.165) is 0 Å². The van der Waals surface area contributed by atoms with Gasteiger partial charge >= 0.3 is 6.11 Å². The molecule has 0 saturated carbocycles. The standard InChI is InChI=1S/C7H9F3O2/c1-2-3-11-4-5-6(8)12-7(5,9)10/h2-3,5-6H,4H2,1H3. The quantitative estimate of drug-likeness (QED) is 0.622. The van der Waals surface area contributed by atoms with Crippen molar-refractivity contribution in [2.24, 2.45) is 5.92 Å². The average Bonchev–Trinajstić information content (AvgIpc) is 1.97. The molecule has 2 atom stereocenters. The molecular formula is C7H9F3O2. The summed E-state index contributed by atoms with van der Waals surface area (Å²) >= 11 is 0. The Kier molecular flexibility index (Phi) is 2.62. The maximum absolute atomic E-state index is 12.3. The molecule has 1 aliphatic rings. The zero-order valence-electron chi connectivity index (χ0n) is 6.47. The smallest absolute Gasteiger partial charge is 0.369 e. The molecule has 0 bridgehead atoms. The van der Waals surface area contributed by atoms with E-state index < -0.39 is 18.4 Å². The Morgan fingerprint density at radius 2 is 2.25 bits per heavy atom. The number of ether oxygens (including phenoxy) is 2. The van der Waals surface area contributed by atoms with Crippen LogP contribution in [0.2, 0.25) is 0 Å². The lowest BCUT2D eigenvalue weighted by atomic mass is 10.1. The van der Waals surface area contributed by atoms with Gasteiger partial charge in [-0.2, -0.15) is 8.78 Å². The highest BCUT2D eigenvalue weighted by Gasteiger charge is 2.59. The van der Waals surface area contributed by atoms with E-state index in [-0.39, 0.29) is 6.61 Å². The molecule has 0 spiro atoms. The number of rotatable bonds is 3. The fourth-order valence-electron chi connectivity index (χ4n) is 0.828. The van der Waals surface area contributed by atoms with Crippen LogP contribution in [0.25, 0.3) is 0 Å². The fourth-order valence-corrected chi connectivity index (χ4v) is 0.828. The molecular weight excluding hydrogens is 173 g/mol. The molecule has 2 unspecified atom stereocenters. The molecule has 1 heterocycles. The second-order valence-electron chi connectivity index (χ2n) is 2.44. The van der Waals surface area contributed by atoms with Gasteiger partial charge in [-0.3, -0.25) is 4.74 Å². The van der Waals surface area contributed by atoms with Crippen LogP contribution < -0.4 is 0 Å². The lowest BCUT2D eigenvalue weighted by molar-refractivity contribution is -0.428. The molecule has 0 N–H and O–H groups in total. The third-order valence-corrected chi connectivity index (χ3v) is 1.53. The van der Waals surface area contributed by atoms with Crippen LogP contribution >= 0.6 is 0 Å². The topological polar surface area (TPSA) is 18.5 Å². The van der Waals surface area contributed by atoms with Gasteiger partial charge in [0.1, 0.15) is 12.5 Å². The van der Waals surface area contributed by atoms with Gasteiger partial charge in [0.05, 0.1) is 6.26 Å². The molecule has 1 fully saturated rings. The van der Waals surface area contributed by atoms with Crippen LogP contribution in [0, 0.1) is 5.92 Å². The molecule has 2 nitrogen and oxygen atoms in total. The van der Waals surface area contributed by atoms with Gasteiger partial charge in [-0.15, -0.1) is 0 Å². The summed E-state index contributed by atoms with van der Waals surface area (Å²) in [7, 11) is 0. The van der Waals surface area contributed by atoms with Crippen LogP contribution in [0.1, 0.15) is 6.92 Å². The van der Waals surface area contributed by atoms with E-state index in [2.05, 4.69) is 9.47 Å². The van der Waals surface area contributed by atoms with E-state index in [1.165, 1.54) is 12.3 Å². The highest BCUT2D eigenvalue weighted by Crippen LogP contribution is 2.42. The van der Waals surface area contributed by atoms with Crippen LogP contribution in [0.15, 0.2) is 12.3 Å². The molecule has 1 aliphatic heterocycles. The molecule has 0 aromatic heterocycles. The number of allylic oxidation sites excluding steroid dienone is 1. The third kappa shape index (κ3) is 1.72. The van der Waals surface area contributed by atoms with Gasteiger partial charge in [0, 0.05) is 0 Å². The Balaban J connectivity index is 2.31. The molecule has 0 aliphatic carbocycles. The summed E-state index contributed by atoms with van der Waals surface area (Å²) < 4.78 is 45.1. The minimum Gasteiger partial charge on any atom is -0.501 e. The van der Waals surface area contributed by atoms with Crippen molar-refractivity contribution in [2.75, 3.05) is 6.61 Å². The van der Waals surface area contributed by atoms with Crippen molar-refractivity contribution < 1.29 is 22.6 Å². The third-order valence-electron chi connectivity index (χ3n) is 1.53. The maximum Gasteiger partial charge on any atom is 0.369 e. The Hall–Kier alpha value is -0.710. The van der Waals surface area contributed by atoms with Crippen LogP contribution in [-0.2, 0) is 9.47 Å². The summed E-state index contributed by atoms with van der Waals surface area (Å²) in [5, 5.41) is 0. The minimum atomic E-state index is -3.37. The molecule has 70 valence electrons. The fraction of sp³-hybridized carbons (Fsp3) is 0.714. The van der Waals surface area contributed by atoms with E-state index >= 15 is 0 Å². The minimum absolute atomic E-state index is 0.363. The first kappa shape index (κ1) is 9.38. The summed E-state index contributed by atoms with van der Waals surface area (Å²) in [6.45, 7) is 1.31. The van der Waals surface area contributed by atoms with Crippen LogP contribution in [0.3, 0.4) is 0 Å². The predicted octanol–water partition coefficient (Wildman–Crippen LogP) is 2.07. The monoisotopic (exact) mass is 182 g/mol. The second kappa shape index (κ2) is 3.35. The number of alkyl halides is 3. The van der Waals surface area contributed by atoms with Crippen molar-refractivity contribution in [1.82, 2.24) is 0 Å². The molecule has 0 amide bonds. The van der Waals surface area contributed by atoms with Crippen molar-refractivity contribution in [1.29, 1.82) is 0 Å². The van der Waals surface area contributed by atoms with Gasteiger partial charge in [-0.05, 0) is 6.92 Å². The molecule has 0 aromatic carbocycles. The van der Waals surface area contributed by atoms with Crippen molar-refractivity contribution in [2.45, 2.75) is 19.4 Å². The Morgan fingerprint density at radius 1 is 1.58 bits per heavy atom. The largest absolute Gasteiger partial charge is 0.501 e. The summed E-state index contributed by atoms with van der Waals surface area (Å²) in [5.41, 5.74) is 0. The van der Waals surface area contributed by atoms with Gasteiger partial charge in [-0.1, -0.05) is 6.08 Å². The lowest BCUT2D eigenvalue weighted by Gasteiger charge is -2.38. The summed E-state index contributed by atoms with van der Waals surface area (Å²) in [6, 6.07) is 0. The molecule has 0 radical (unpaired) electrons. The normalized spacial score (nSPS) is 33.3. The predicted molar refractivity (Wildman–Crippen MR) is 35.2 cm³/mol. The van der Waals surface area contributed by atoms with E-state index in [1.54, 1.807) is 6.92 Å². The number of hydrogen-bond acceptors (Lipinski definition) is 2. The molecule has 0 aromatic rings. The number of halogens is 3. The zero-order valence-corrected chi connectivity index (χ0v) is 6.47.